The van der Waals surface area contributed by atoms with E-state index in [-0.39, 0.29) is 24.8 Å². The molecule has 154 valence electrons. The molecule has 0 atom stereocenters. The van der Waals surface area contributed by atoms with Crippen molar-refractivity contribution >= 4 is 28.6 Å². The van der Waals surface area contributed by atoms with Crippen molar-refractivity contribution in [3.63, 3.8) is 0 Å². The number of nitrogens with zero attached hydrogens (tertiary/aromatic N) is 3. The summed E-state index contributed by atoms with van der Waals surface area (Å²) in [5.74, 6) is -0.489. The number of para-hydroxylation sites is 1. The molecule has 2 aromatic heterocycles. The smallest absolute Gasteiger partial charge is 0.420 e. The maximum absolute atomic E-state index is 12.4. The molecule has 0 unspecified atom stereocenters. The second-order valence-corrected chi connectivity index (χ2v) is 6.74. The third kappa shape index (κ3) is 4.06. The number of hydrogen-bond donors (Lipinski definition) is 1. The molecule has 0 radical (unpaired) electrons. The lowest BCUT2D eigenvalue weighted by Crippen LogP contribution is -2.23. The first-order valence-electron chi connectivity index (χ1n) is 9.15. The van der Waals surface area contributed by atoms with E-state index < -0.39 is 11.7 Å². The van der Waals surface area contributed by atoms with Gasteiger partial charge in [-0.2, -0.15) is 4.98 Å². The van der Waals surface area contributed by atoms with Gasteiger partial charge in [0.25, 0.3) is 0 Å². The molecule has 4 rings (SSSR count). The predicted octanol–water partition coefficient (Wildman–Crippen LogP) is 3.01. The van der Waals surface area contributed by atoms with Crippen LogP contribution in [0, 0.1) is 0 Å². The third-order valence-electron chi connectivity index (χ3n) is 4.30. The van der Waals surface area contributed by atoms with E-state index in [1.807, 2.05) is 31.2 Å². The molecule has 10 heteroatoms. The van der Waals surface area contributed by atoms with Crippen LogP contribution in [0.3, 0.4) is 0 Å². The van der Waals surface area contributed by atoms with E-state index in [4.69, 9.17) is 25.3 Å². The van der Waals surface area contributed by atoms with Gasteiger partial charge in [0.2, 0.25) is 0 Å². The number of fused-ring (bicyclic) bond motifs is 1. The number of oxazole rings is 1. The lowest BCUT2D eigenvalue weighted by molar-refractivity contribution is 0.0906. The molecule has 9 nitrogen and oxygen atoms in total. The van der Waals surface area contributed by atoms with Crippen LogP contribution in [0.2, 0.25) is 5.02 Å². The van der Waals surface area contributed by atoms with Gasteiger partial charge in [0, 0.05) is 17.1 Å². The fourth-order valence-corrected chi connectivity index (χ4v) is 3.10. The van der Waals surface area contributed by atoms with Gasteiger partial charge in [-0.1, -0.05) is 35.0 Å². The molecule has 1 amide bonds. The summed E-state index contributed by atoms with van der Waals surface area (Å²) in [4.78, 5) is 28.6. The molecular weight excluding hydrogens is 412 g/mol. The van der Waals surface area contributed by atoms with Crippen molar-refractivity contribution in [2.24, 2.45) is 0 Å². The van der Waals surface area contributed by atoms with Crippen LogP contribution >= 0.6 is 11.6 Å². The van der Waals surface area contributed by atoms with E-state index in [2.05, 4.69) is 15.5 Å². The fraction of sp³-hybridized carbons (Fsp3) is 0.200. The molecule has 0 saturated heterocycles. The Morgan fingerprint density at radius 1 is 1.27 bits per heavy atom. The molecule has 2 aromatic carbocycles. The second kappa shape index (κ2) is 8.42. The third-order valence-corrected chi connectivity index (χ3v) is 4.54. The number of carbonyl (C=O) groups excluding carboxylic acids is 1. The Morgan fingerprint density at radius 3 is 2.93 bits per heavy atom. The van der Waals surface area contributed by atoms with Gasteiger partial charge < -0.3 is 19.0 Å². The fourth-order valence-electron chi connectivity index (χ4n) is 2.93. The molecule has 4 aromatic rings. The molecule has 0 aliphatic heterocycles. The van der Waals surface area contributed by atoms with E-state index in [1.165, 1.54) is 4.57 Å². The molecule has 30 heavy (non-hydrogen) atoms. The summed E-state index contributed by atoms with van der Waals surface area (Å²) < 4.78 is 17.1. The van der Waals surface area contributed by atoms with Gasteiger partial charge in [-0.15, -0.1) is 0 Å². The minimum atomic E-state index is -0.587. The number of nitrogens with one attached hydrogen (secondary N) is 1. The van der Waals surface area contributed by atoms with Crippen LogP contribution in [0.25, 0.3) is 11.1 Å². The molecular formula is C20H17ClN4O5. The first kappa shape index (κ1) is 19.7. The highest BCUT2D eigenvalue weighted by molar-refractivity contribution is 6.31. The highest BCUT2D eigenvalue weighted by atomic mass is 35.5. The lowest BCUT2D eigenvalue weighted by Gasteiger charge is -2.09. The van der Waals surface area contributed by atoms with E-state index in [0.717, 1.165) is 5.56 Å². The number of aromatic nitrogens is 3. The SMILES string of the molecule is CCOc1ccccc1CNC(=O)c1nc(Cn2c(=O)oc3ccc(Cl)cc32)no1. The Kier molecular flexibility index (Phi) is 5.53. The Bertz CT molecular complexity index is 1260. The zero-order chi connectivity index (χ0) is 21.1. The number of hydrogen-bond acceptors (Lipinski definition) is 7. The predicted molar refractivity (Wildman–Crippen MR) is 108 cm³/mol. The zero-order valence-corrected chi connectivity index (χ0v) is 16.7. The van der Waals surface area contributed by atoms with Gasteiger partial charge in [-0.05, 0) is 31.2 Å². The van der Waals surface area contributed by atoms with Crippen molar-refractivity contribution in [1.82, 2.24) is 20.0 Å². The number of rotatable bonds is 7. The van der Waals surface area contributed by atoms with Gasteiger partial charge in [0.1, 0.15) is 5.75 Å². The molecule has 0 spiro atoms. The first-order valence-corrected chi connectivity index (χ1v) is 9.53. The average Bonchev–Trinajstić information content (AvgIpc) is 3.33. The number of amides is 1. The number of halogens is 1. The van der Waals surface area contributed by atoms with Crippen LogP contribution in [-0.4, -0.2) is 27.2 Å². The highest BCUT2D eigenvalue weighted by Gasteiger charge is 2.18. The summed E-state index contributed by atoms with van der Waals surface area (Å²) in [5.41, 5.74) is 1.70. The number of benzene rings is 2. The maximum Gasteiger partial charge on any atom is 0.420 e. The molecule has 0 bridgehead atoms. The van der Waals surface area contributed by atoms with Crippen LogP contribution in [0.4, 0.5) is 0 Å². The maximum atomic E-state index is 12.4. The second-order valence-electron chi connectivity index (χ2n) is 6.31. The van der Waals surface area contributed by atoms with E-state index in [0.29, 0.717) is 28.5 Å². The van der Waals surface area contributed by atoms with Gasteiger partial charge in [-0.3, -0.25) is 9.36 Å². The highest BCUT2D eigenvalue weighted by Crippen LogP contribution is 2.19. The Hall–Kier alpha value is -3.59. The Labute approximate surface area is 175 Å². The van der Waals surface area contributed by atoms with Gasteiger partial charge in [0.05, 0.1) is 18.7 Å². The average molecular weight is 429 g/mol. The van der Waals surface area contributed by atoms with Crippen molar-refractivity contribution in [3.8, 4) is 5.75 Å². The standard InChI is InChI=1S/C20H17ClN4O5/c1-2-28-15-6-4-3-5-12(15)10-22-18(26)19-23-17(24-30-19)11-25-14-9-13(21)7-8-16(14)29-20(25)27/h3-9H,2,10-11H2,1H3,(H,22,26). The Balaban J connectivity index is 1.47. The van der Waals surface area contributed by atoms with E-state index >= 15 is 0 Å². The van der Waals surface area contributed by atoms with Crippen LogP contribution in [0.15, 0.2) is 56.2 Å². The summed E-state index contributed by atoms with van der Waals surface area (Å²) in [7, 11) is 0. The molecule has 2 heterocycles. The lowest BCUT2D eigenvalue weighted by atomic mass is 10.2. The topological polar surface area (TPSA) is 112 Å². The van der Waals surface area contributed by atoms with Gasteiger partial charge >= 0.3 is 17.6 Å². The first-order chi connectivity index (χ1) is 14.5. The summed E-state index contributed by atoms with van der Waals surface area (Å²) in [5, 5.41) is 6.95. The Morgan fingerprint density at radius 2 is 2.10 bits per heavy atom. The summed E-state index contributed by atoms with van der Waals surface area (Å²) in [6.07, 6.45) is 0. The summed E-state index contributed by atoms with van der Waals surface area (Å²) in [6.45, 7) is 2.61. The molecule has 0 fully saturated rings. The van der Waals surface area contributed by atoms with Crippen molar-refractivity contribution in [2.45, 2.75) is 20.0 Å². The van der Waals surface area contributed by atoms with Crippen molar-refractivity contribution in [1.29, 1.82) is 0 Å². The van der Waals surface area contributed by atoms with Crippen LogP contribution in [0.5, 0.6) is 5.75 Å². The van der Waals surface area contributed by atoms with E-state index in [9.17, 15) is 9.59 Å². The zero-order valence-electron chi connectivity index (χ0n) is 15.9. The molecule has 0 saturated carbocycles. The minimum absolute atomic E-state index is 0.0316. The van der Waals surface area contributed by atoms with Crippen molar-refractivity contribution in [2.75, 3.05) is 6.61 Å². The quantitative estimate of drug-likeness (QED) is 0.481. The van der Waals surface area contributed by atoms with Crippen molar-refractivity contribution in [3.05, 3.63) is 75.3 Å². The summed E-state index contributed by atoms with van der Waals surface area (Å²) in [6, 6.07) is 12.2. The van der Waals surface area contributed by atoms with E-state index in [1.54, 1.807) is 18.2 Å². The minimum Gasteiger partial charge on any atom is -0.494 e. The molecule has 1 N–H and O–H groups in total. The van der Waals surface area contributed by atoms with Crippen LogP contribution < -0.4 is 15.8 Å². The van der Waals surface area contributed by atoms with Crippen molar-refractivity contribution < 1.29 is 18.5 Å². The summed E-state index contributed by atoms with van der Waals surface area (Å²) >= 11 is 6.00. The largest absolute Gasteiger partial charge is 0.494 e. The van der Waals surface area contributed by atoms with Crippen LogP contribution in [-0.2, 0) is 13.1 Å². The van der Waals surface area contributed by atoms with Crippen LogP contribution in [0.1, 0.15) is 29.0 Å². The van der Waals surface area contributed by atoms with Gasteiger partial charge in [-0.25, -0.2) is 4.79 Å². The monoisotopic (exact) mass is 428 g/mol. The van der Waals surface area contributed by atoms with Gasteiger partial charge in [0.15, 0.2) is 11.4 Å². The number of carbonyl (C=O) groups is 1. The molecule has 0 aliphatic rings. The number of ether oxygens (including phenoxy) is 1. The molecule has 0 aliphatic carbocycles. The normalized spacial score (nSPS) is 11.0.